The predicted octanol–water partition coefficient (Wildman–Crippen LogP) is 16.9. The number of fused-ring (bicyclic) bond motifs is 6. The second kappa shape index (κ2) is 19.4. The zero-order valence-electron chi connectivity index (χ0n) is 39.3. The highest BCUT2D eigenvalue weighted by atomic mass is 15.0. The average Bonchev–Trinajstić information content (AvgIpc) is 3.94. The van der Waals surface area contributed by atoms with E-state index in [-0.39, 0.29) is 5.92 Å². The summed E-state index contributed by atoms with van der Waals surface area (Å²) in [5.41, 5.74) is 17.8. The van der Waals surface area contributed by atoms with Gasteiger partial charge in [0.05, 0.1) is 34.3 Å². The fourth-order valence-corrected chi connectivity index (χ4v) is 10.1. The minimum Gasteiger partial charge on any atom is -0.309 e. The van der Waals surface area contributed by atoms with Crippen molar-refractivity contribution in [2.45, 2.75) is 19.9 Å². The van der Waals surface area contributed by atoms with Gasteiger partial charge >= 0.3 is 0 Å². The summed E-state index contributed by atoms with van der Waals surface area (Å²) in [6.45, 7) is 10.6. The maximum absolute atomic E-state index is 5.19. The highest BCUT2D eigenvalue weighted by Gasteiger charge is 2.20. The molecule has 0 saturated carbocycles. The monoisotopic (exact) mass is 900 g/mol. The summed E-state index contributed by atoms with van der Waals surface area (Å²) in [4.78, 5) is 9.88. The van der Waals surface area contributed by atoms with E-state index in [4.69, 9.17) is 4.99 Å². The van der Waals surface area contributed by atoms with Crippen LogP contribution in [0.15, 0.2) is 265 Å². The lowest BCUT2D eigenvalue weighted by atomic mass is 9.89. The maximum Gasteiger partial charge on any atom is 0.0669 e. The normalized spacial score (nSPS) is 14.6. The number of para-hydroxylation sites is 3. The predicted molar refractivity (Wildman–Crippen MR) is 300 cm³/mol. The van der Waals surface area contributed by atoms with E-state index in [1.165, 1.54) is 43.7 Å². The Morgan fingerprint density at radius 1 is 0.586 bits per heavy atom. The average molecular weight is 901 g/mol. The SMILES string of the molecule is C=C/C=C(\C=C/C)c1ccc(C(/C=C(\N=C)C2C=C(c3ccc4c5ccccc5n(-c5cccc(-c6ccc7c8ccccc8n(-c8ccccc8)c7c6)c5)c4c3)C=CC2)=N/Cc2ccccc2)cc1. The van der Waals surface area contributed by atoms with Gasteiger partial charge in [0.2, 0.25) is 0 Å². The molecule has 0 spiro atoms. The summed E-state index contributed by atoms with van der Waals surface area (Å²) in [5.74, 6) is 0.00619. The van der Waals surface area contributed by atoms with E-state index in [1.807, 2.05) is 31.2 Å². The van der Waals surface area contributed by atoms with Crippen LogP contribution < -0.4 is 0 Å². The summed E-state index contributed by atoms with van der Waals surface area (Å²) < 4.78 is 4.81. The van der Waals surface area contributed by atoms with Crippen molar-refractivity contribution in [3.05, 3.63) is 277 Å². The number of aromatic nitrogens is 2. The lowest BCUT2D eigenvalue weighted by Gasteiger charge is -2.19. The second-order valence-corrected chi connectivity index (χ2v) is 17.8. The maximum atomic E-state index is 5.19. The molecule has 1 aliphatic carbocycles. The smallest absolute Gasteiger partial charge is 0.0669 e. The second-order valence-electron chi connectivity index (χ2n) is 17.8. The minimum atomic E-state index is 0.00619. The van der Waals surface area contributed by atoms with Crippen LogP contribution >= 0.6 is 0 Å². The molecule has 0 N–H and O–H groups in total. The van der Waals surface area contributed by atoms with Gasteiger partial charge in [-0.3, -0.25) is 9.98 Å². The Labute approximate surface area is 409 Å². The van der Waals surface area contributed by atoms with Crippen molar-refractivity contribution < 1.29 is 0 Å². The molecule has 2 aromatic heterocycles. The van der Waals surface area contributed by atoms with E-state index in [9.17, 15) is 0 Å². The topological polar surface area (TPSA) is 34.6 Å². The van der Waals surface area contributed by atoms with E-state index < -0.39 is 0 Å². The van der Waals surface area contributed by atoms with Gasteiger partial charge in [-0.25, -0.2) is 0 Å². The largest absolute Gasteiger partial charge is 0.309 e. The quantitative estimate of drug-likeness (QED) is 0.0816. The molecule has 8 aromatic carbocycles. The first-order valence-electron chi connectivity index (χ1n) is 24.0. The summed E-state index contributed by atoms with van der Waals surface area (Å²) >= 11 is 0. The van der Waals surface area contributed by atoms with Crippen molar-refractivity contribution >= 4 is 67.2 Å². The van der Waals surface area contributed by atoms with Gasteiger partial charge in [0.15, 0.2) is 0 Å². The molecule has 0 amide bonds. The van der Waals surface area contributed by atoms with Crippen LogP contribution in [0.3, 0.4) is 0 Å². The van der Waals surface area contributed by atoms with Crippen molar-refractivity contribution in [1.29, 1.82) is 0 Å². The lowest BCUT2D eigenvalue weighted by Crippen LogP contribution is -2.07. The van der Waals surface area contributed by atoms with E-state index in [0.717, 1.165) is 73.7 Å². The standard InChI is InChI=1S/C66H52N4/c1-4-18-47(19-5-2)48-32-34-49(35-33-48)62(68-45-46-20-8-6-9-21-46)44-61(67-3)54-24-16-22-50(40-54)52-36-38-60-58-29-13-15-31-64(58)70(66(60)42-52)56-27-17-23-51(41-56)53-37-39-59-57-28-12-14-30-63(57)69(65(59)43-53)55-25-10-7-11-26-55/h4-23,25-44,54H,1,3,24,45H2,2H3/b19-5-,47-18+,61-44-,68-62+. The third kappa shape index (κ3) is 8.41. The van der Waals surface area contributed by atoms with Gasteiger partial charge in [0.1, 0.15) is 0 Å². The molecule has 336 valence electrons. The van der Waals surface area contributed by atoms with Crippen molar-refractivity contribution in [2.75, 3.05) is 0 Å². The van der Waals surface area contributed by atoms with Gasteiger partial charge in [0.25, 0.3) is 0 Å². The summed E-state index contributed by atoms with van der Waals surface area (Å²) in [5, 5.41) is 4.93. The van der Waals surface area contributed by atoms with Crippen LogP contribution in [0.5, 0.6) is 0 Å². The Kier molecular flexibility index (Phi) is 12.1. The summed E-state index contributed by atoms with van der Waals surface area (Å²) in [7, 11) is 0. The summed E-state index contributed by atoms with van der Waals surface area (Å²) in [6, 6.07) is 69.9. The van der Waals surface area contributed by atoms with Crippen LogP contribution in [0.2, 0.25) is 0 Å². The van der Waals surface area contributed by atoms with E-state index >= 15 is 0 Å². The third-order valence-corrected chi connectivity index (χ3v) is 13.5. The van der Waals surface area contributed by atoms with Crippen molar-refractivity contribution in [3.63, 3.8) is 0 Å². The van der Waals surface area contributed by atoms with Gasteiger partial charge in [0, 0.05) is 44.5 Å². The zero-order valence-corrected chi connectivity index (χ0v) is 39.3. The number of hydrogen-bond donors (Lipinski definition) is 0. The van der Waals surface area contributed by atoms with Gasteiger partial charge < -0.3 is 9.13 Å². The highest BCUT2D eigenvalue weighted by Crippen LogP contribution is 2.39. The molecule has 2 heterocycles. The molecule has 11 rings (SSSR count). The van der Waals surface area contributed by atoms with E-state index in [0.29, 0.717) is 6.54 Å². The first-order chi connectivity index (χ1) is 34.6. The van der Waals surface area contributed by atoms with Crippen LogP contribution in [0.4, 0.5) is 0 Å². The van der Waals surface area contributed by atoms with Gasteiger partial charge in [-0.2, -0.15) is 0 Å². The lowest BCUT2D eigenvalue weighted by molar-refractivity contribution is 0.762. The first-order valence-corrected chi connectivity index (χ1v) is 24.0. The Balaban J connectivity index is 0.967. The highest BCUT2D eigenvalue weighted by molar-refractivity contribution is 6.12. The van der Waals surface area contributed by atoms with E-state index in [1.54, 1.807) is 0 Å². The number of nitrogens with zero attached hydrogens (tertiary/aromatic N) is 4. The van der Waals surface area contributed by atoms with E-state index in [2.05, 4.69) is 246 Å². The molecule has 0 saturated heterocycles. The number of allylic oxidation sites excluding steroid dienone is 10. The first kappa shape index (κ1) is 43.7. The van der Waals surface area contributed by atoms with Crippen LogP contribution in [-0.4, -0.2) is 21.6 Å². The van der Waals surface area contributed by atoms with Crippen molar-refractivity contribution in [2.24, 2.45) is 15.9 Å². The number of aliphatic imine (C=N–C) groups is 2. The molecule has 0 fully saturated rings. The fraction of sp³-hybridized carbons (Fsp3) is 0.0606. The fourth-order valence-electron chi connectivity index (χ4n) is 10.1. The number of hydrogen-bond acceptors (Lipinski definition) is 2. The Morgan fingerprint density at radius 2 is 1.17 bits per heavy atom. The minimum absolute atomic E-state index is 0.00619. The van der Waals surface area contributed by atoms with Crippen LogP contribution in [0, 0.1) is 5.92 Å². The van der Waals surface area contributed by atoms with Crippen molar-refractivity contribution in [1.82, 2.24) is 9.13 Å². The molecular formula is C66H52N4. The van der Waals surface area contributed by atoms with Crippen LogP contribution in [0.1, 0.15) is 35.6 Å². The zero-order chi connectivity index (χ0) is 47.4. The van der Waals surface area contributed by atoms with Crippen LogP contribution in [-0.2, 0) is 6.54 Å². The molecule has 10 aromatic rings. The summed E-state index contributed by atoms with van der Waals surface area (Å²) in [6.07, 6.45) is 17.8. The Morgan fingerprint density at radius 3 is 1.86 bits per heavy atom. The number of rotatable bonds is 13. The van der Waals surface area contributed by atoms with Gasteiger partial charge in [-0.05, 0) is 119 Å². The molecule has 1 unspecified atom stereocenters. The molecule has 70 heavy (non-hydrogen) atoms. The molecule has 4 nitrogen and oxygen atoms in total. The molecule has 0 aliphatic heterocycles. The Bertz CT molecular complexity index is 3790. The number of benzene rings is 8. The molecule has 1 atom stereocenters. The van der Waals surface area contributed by atoms with Gasteiger partial charge in [-0.15, -0.1) is 0 Å². The Hall–Kier alpha value is -8.86. The van der Waals surface area contributed by atoms with Crippen molar-refractivity contribution in [3.8, 4) is 22.5 Å². The molecular weight excluding hydrogens is 849 g/mol. The molecule has 4 heteroatoms. The van der Waals surface area contributed by atoms with Gasteiger partial charge in [-0.1, -0.05) is 195 Å². The third-order valence-electron chi connectivity index (χ3n) is 13.5. The molecule has 0 radical (unpaired) electrons. The molecule has 1 aliphatic rings. The van der Waals surface area contributed by atoms with Crippen LogP contribution in [0.25, 0.3) is 77.3 Å². The molecule has 0 bridgehead atoms.